The maximum absolute atomic E-state index is 5.08. The molecule has 3 heteroatoms. The zero-order chi connectivity index (χ0) is 6.69. The fraction of sp³-hybridized carbons (Fsp3) is 0.167. The molecule has 1 rings (SSSR count). The molecule has 1 aromatic heterocycles. The van der Waals surface area contributed by atoms with Crippen LogP contribution in [0.1, 0.15) is 5.69 Å². The number of rotatable bonds is 1. The molecule has 0 radical (unpaired) electrons. The van der Waals surface area contributed by atoms with Gasteiger partial charge in [-0.15, -0.1) is 17.8 Å². The van der Waals surface area contributed by atoms with Crippen molar-refractivity contribution in [2.45, 2.75) is 0 Å². The summed E-state index contributed by atoms with van der Waals surface area (Å²) in [5.74, 6) is 2.44. The van der Waals surface area contributed by atoms with Crippen LogP contribution < -0.4 is 5.32 Å². The number of hydrogen-bond donors (Lipinski definition) is 1. The molecule has 0 saturated heterocycles. The fourth-order valence-electron chi connectivity index (χ4n) is 0.455. The molecule has 0 aliphatic heterocycles. The lowest BCUT2D eigenvalue weighted by molar-refractivity contribution is 1.33. The highest BCUT2D eigenvalue weighted by Gasteiger charge is 1.93. The molecule has 0 fully saturated rings. The van der Waals surface area contributed by atoms with Crippen molar-refractivity contribution < 1.29 is 0 Å². The summed E-state index contributed by atoms with van der Waals surface area (Å²) in [6.07, 6.45) is 5.08. The van der Waals surface area contributed by atoms with Gasteiger partial charge in [-0.25, -0.2) is 4.98 Å². The van der Waals surface area contributed by atoms with Crippen LogP contribution in [0, 0.1) is 12.3 Å². The van der Waals surface area contributed by atoms with Gasteiger partial charge >= 0.3 is 0 Å². The topological polar surface area (TPSA) is 24.9 Å². The number of anilines is 1. The molecule has 1 aromatic rings. The molecule has 0 aromatic carbocycles. The van der Waals surface area contributed by atoms with Crippen LogP contribution in [0.3, 0.4) is 0 Å². The van der Waals surface area contributed by atoms with E-state index in [1.807, 2.05) is 12.4 Å². The second-order valence-corrected chi connectivity index (χ2v) is 2.29. The molecule has 1 heterocycles. The standard InChI is InChI=1S/C6H6N2S/c1-3-5-4-9-6(7-2)8-5/h1,4H,2H3,(H,7,8). The predicted octanol–water partition coefficient (Wildman–Crippen LogP) is 1.17. The van der Waals surface area contributed by atoms with Crippen molar-refractivity contribution in [1.29, 1.82) is 0 Å². The maximum atomic E-state index is 5.08. The van der Waals surface area contributed by atoms with Crippen LogP contribution in [0.25, 0.3) is 0 Å². The van der Waals surface area contributed by atoms with Gasteiger partial charge in [0.25, 0.3) is 0 Å². The zero-order valence-electron chi connectivity index (χ0n) is 5.01. The van der Waals surface area contributed by atoms with Gasteiger partial charge in [0.2, 0.25) is 0 Å². The number of terminal acetylenes is 1. The van der Waals surface area contributed by atoms with E-state index in [1.54, 1.807) is 0 Å². The van der Waals surface area contributed by atoms with Gasteiger partial charge in [-0.3, -0.25) is 0 Å². The summed E-state index contributed by atoms with van der Waals surface area (Å²) in [5, 5.41) is 5.60. The highest BCUT2D eigenvalue weighted by Crippen LogP contribution is 2.12. The Balaban J connectivity index is 2.90. The van der Waals surface area contributed by atoms with Crippen molar-refractivity contribution in [3.05, 3.63) is 11.1 Å². The minimum absolute atomic E-state index is 0.698. The monoisotopic (exact) mass is 138 g/mol. The molecule has 1 N–H and O–H groups in total. The molecule has 0 saturated carbocycles. The number of nitrogens with one attached hydrogen (secondary N) is 1. The van der Waals surface area contributed by atoms with E-state index in [1.165, 1.54) is 11.3 Å². The highest BCUT2D eigenvalue weighted by atomic mass is 32.1. The van der Waals surface area contributed by atoms with Gasteiger partial charge in [0, 0.05) is 12.4 Å². The van der Waals surface area contributed by atoms with Gasteiger partial charge in [-0.05, 0) is 5.92 Å². The molecule has 0 bridgehead atoms. The summed E-state index contributed by atoms with van der Waals surface area (Å²) in [6.45, 7) is 0. The van der Waals surface area contributed by atoms with Crippen molar-refractivity contribution >= 4 is 16.5 Å². The van der Waals surface area contributed by atoms with E-state index in [-0.39, 0.29) is 0 Å². The van der Waals surface area contributed by atoms with Crippen LogP contribution in [0.15, 0.2) is 5.38 Å². The molecule has 0 amide bonds. The molecule has 0 aliphatic rings. The SMILES string of the molecule is C#Cc1csc(NC)n1. The molecule has 2 nitrogen and oxygen atoms in total. The van der Waals surface area contributed by atoms with Crippen LogP contribution in [0.5, 0.6) is 0 Å². The Morgan fingerprint density at radius 2 is 2.67 bits per heavy atom. The van der Waals surface area contributed by atoms with Gasteiger partial charge in [0.1, 0.15) is 5.69 Å². The van der Waals surface area contributed by atoms with Gasteiger partial charge in [0.05, 0.1) is 0 Å². The van der Waals surface area contributed by atoms with Crippen LogP contribution in [0.4, 0.5) is 5.13 Å². The van der Waals surface area contributed by atoms with E-state index in [2.05, 4.69) is 16.2 Å². The average Bonchev–Trinajstić information content (AvgIpc) is 2.34. The van der Waals surface area contributed by atoms with Gasteiger partial charge in [0.15, 0.2) is 5.13 Å². The minimum atomic E-state index is 0.698. The number of thiazole rings is 1. The van der Waals surface area contributed by atoms with Gasteiger partial charge in [-0.2, -0.15) is 0 Å². The van der Waals surface area contributed by atoms with Crippen molar-refractivity contribution in [3.8, 4) is 12.3 Å². The number of aromatic nitrogens is 1. The van der Waals surface area contributed by atoms with Crippen LogP contribution >= 0.6 is 11.3 Å². The van der Waals surface area contributed by atoms with Gasteiger partial charge in [-0.1, -0.05) is 0 Å². The second kappa shape index (κ2) is 2.51. The van der Waals surface area contributed by atoms with Crippen molar-refractivity contribution in [1.82, 2.24) is 4.98 Å². The Kier molecular flexibility index (Phi) is 1.71. The maximum Gasteiger partial charge on any atom is 0.183 e. The fourth-order valence-corrected chi connectivity index (χ4v) is 1.07. The van der Waals surface area contributed by atoms with Crippen LogP contribution in [-0.4, -0.2) is 12.0 Å². The minimum Gasteiger partial charge on any atom is -0.365 e. The average molecular weight is 138 g/mol. The van der Waals surface area contributed by atoms with E-state index in [0.29, 0.717) is 5.69 Å². The molecular formula is C6H6N2S. The van der Waals surface area contributed by atoms with E-state index < -0.39 is 0 Å². The second-order valence-electron chi connectivity index (χ2n) is 1.43. The lowest BCUT2D eigenvalue weighted by atomic mass is 10.5. The van der Waals surface area contributed by atoms with Crippen molar-refractivity contribution in [2.24, 2.45) is 0 Å². The molecule has 0 unspecified atom stereocenters. The lowest BCUT2D eigenvalue weighted by Gasteiger charge is -1.85. The van der Waals surface area contributed by atoms with E-state index in [9.17, 15) is 0 Å². The third-order valence-electron chi connectivity index (χ3n) is 0.866. The Morgan fingerprint density at radius 1 is 1.89 bits per heavy atom. The van der Waals surface area contributed by atoms with E-state index in [0.717, 1.165) is 5.13 Å². The number of hydrogen-bond acceptors (Lipinski definition) is 3. The molecule has 9 heavy (non-hydrogen) atoms. The smallest absolute Gasteiger partial charge is 0.183 e. The normalized spacial score (nSPS) is 8.44. The van der Waals surface area contributed by atoms with Crippen molar-refractivity contribution in [2.75, 3.05) is 12.4 Å². The van der Waals surface area contributed by atoms with Crippen LogP contribution in [-0.2, 0) is 0 Å². The first-order chi connectivity index (χ1) is 4.36. The third kappa shape index (κ3) is 1.21. The summed E-state index contributed by atoms with van der Waals surface area (Å²) in [7, 11) is 1.82. The molecular weight excluding hydrogens is 132 g/mol. The number of nitrogens with zero attached hydrogens (tertiary/aromatic N) is 1. The van der Waals surface area contributed by atoms with Crippen molar-refractivity contribution in [3.63, 3.8) is 0 Å². The Labute approximate surface area is 57.9 Å². The summed E-state index contributed by atoms with van der Waals surface area (Å²) in [4.78, 5) is 4.02. The lowest BCUT2D eigenvalue weighted by Crippen LogP contribution is -1.85. The Morgan fingerprint density at radius 3 is 3.00 bits per heavy atom. The highest BCUT2D eigenvalue weighted by molar-refractivity contribution is 7.13. The quantitative estimate of drug-likeness (QED) is 0.589. The Hall–Kier alpha value is -1.01. The molecule has 0 aliphatic carbocycles. The zero-order valence-corrected chi connectivity index (χ0v) is 5.83. The summed E-state index contributed by atoms with van der Waals surface area (Å²) in [5.41, 5.74) is 0.698. The summed E-state index contributed by atoms with van der Waals surface area (Å²) in [6, 6.07) is 0. The first-order valence-electron chi connectivity index (χ1n) is 2.46. The third-order valence-corrected chi connectivity index (χ3v) is 1.73. The van der Waals surface area contributed by atoms with E-state index >= 15 is 0 Å². The molecule has 46 valence electrons. The molecule has 0 spiro atoms. The van der Waals surface area contributed by atoms with Crippen LogP contribution in [0.2, 0.25) is 0 Å². The van der Waals surface area contributed by atoms with Gasteiger partial charge < -0.3 is 5.32 Å². The Bertz CT molecular complexity index is 233. The van der Waals surface area contributed by atoms with E-state index in [4.69, 9.17) is 6.42 Å². The first-order valence-corrected chi connectivity index (χ1v) is 3.34. The molecule has 0 atom stereocenters. The largest absolute Gasteiger partial charge is 0.365 e. The summed E-state index contributed by atoms with van der Waals surface area (Å²) < 4.78 is 0. The summed E-state index contributed by atoms with van der Waals surface area (Å²) >= 11 is 1.51. The first kappa shape index (κ1) is 6.12. The predicted molar refractivity (Wildman–Crippen MR) is 39.6 cm³/mol.